The maximum atomic E-state index is 11.4. The van der Waals surface area contributed by atoms with E-state index in [1.54, 1.807) is 6.20 Å². The molecule has 1 N–H and O–H groups in total. The van der Waals surface area contributed by atoms with Gasteiger partial charge in [-0.2, -0.15) is 0 Å². The molecule has 148 valence electrons. The summed E-state index contributed by atoms with van der Waals surface area (Å²) in [5.74, 6) is 2.72. The van der Waals surface area contributed by atoms with Crippen LogP contribution in [-0.2, 0) is 0 Å². The predicted octanol–water partition coefficient (Wildman–Crippen LogP) is 4.96. The van der Waals surface area contributed by atoms with Gasteiger partial charge in [0.05, 0.1) is 11.6 Å². The number of nitrogens with zero attached hydrogens (tertiary/aromatic N) is 2. The smallest absolute Gasteiger partial charge is 0.128 e. The number of pyridine rings is 1. The molecule has 29 heavy (non-hydrogen) atoms. The van der Waals surface area contributed by atoms with Gasteiger partial charge in [0.2, 0.25) is 0 Å². The van der Waals surface area contributed by atoms with Gasteiger partial charge >= 0.3 is 0 Å². The SMILES string of the molecule is C=C[C@H]1CN2CC[C@H]1CC2[C@@H](O)c1ccnc2ccc(Oc3ccccc3)cc12. The highest BCUT2D eigenvalue weighted by atomic mass is 16.5. The Kier molecular flexibility index (Phi) is 4.82. The van der Waals surface area contributed by atoms with E-state index in [1.807, 2.05) is 54.6 Å². The molecule has 1 aromatic heterocycles. The maximum Gasteiger partial charge on any atom is 0.128 e. The Morgan fingerprint density at radius 2 is 2.00 bits per heavy atom. The summed E-state index contributed by atoms with van der Waals surface area (Å²) in [7, 11) is 0. The Balaban J connectivity index is 1.46. The zero-order chi connectivity index (χ0) is 19.8. The fraction of sp³-hybridized carbons (Fsp3) is 0.320. The van der Waals surface area contributed by atoms with Crippen molar-refractivity contribution in [2.45, 2.75) is 25.0 Å². The maximum absolute atomic E-state index is 11.4. The molecule has 4 heteroatoms. The van der Waals surface area contributed by atoms with Gasteiger partial charge in [-0.05, 0) is 73.2 Å². The first-order valence-electron chi connectivity index (χ1n) is 10.4. The van der Waals surface area contributed by atoms with E-state index in [4.69, 9.17) is 4.74 Å². The molecular formula is C25H26N2O2. The summed E-state index contributed by atoms with van der Waals surface area (Å²) in [5, 5.41) is 12.3. The third-order valence-corrected chi connectivity index (χ3v) is 6.56. The number of rotatable bonds is 5. The topological polar surface area (TPSA) is 45.6 Å². The summed E-state index contributed by atoms with van der Waals surface area (Å²) in [6.07, 6.45) is 5.56. The number of fused-ring (bicyclic) bond motifs is 4. The van der Waals surface area contributed by atoms with Crippen molar-refractivity contribution in [2.24, 2.45) is 11.8 Å². The van der Waals surface area contributed by atoms with Crippen LogP contribution in [0.15, 0.2) is 73.4 Å². The molecular weight excluding hydrogens is 360 g/mol. The van der Waals surface area contributed by atoms with Gasteiger partial charge in [-0.1, -0.05) is 24.3 Å². The van der Waals surface area contributed by atoms with Crippen LogP contribution >= 0.6 is 0 Å². The molecule has 3 aliphatic heterocycles. The molecule has 2 aromatic carbocycles. The van der Waals surface area contributed by atoms with E-state index >= 15 is 0 Å². The van der Waals surface area contributed by atoms with Crippen LogP contribution in [-0.4, -0.2) is 34.1 Å². The van der Waals surface area contributed by atoms with Crippen LogP contribution in [0.25, 0.3) is 10.9 Å². The Labute approximate surface area is 171 Å². The van der Waals surface area contributed by atoms with Gasteiger partial charge in [0, 0.05) is 24.2 Å². The number of para-hydroxylation sites is 1. The number of aromatic nitrogens is 1. The highest BCUT2D eigenvalue weighted by molar-refractivity contribution is 5.84. The van der Waals surface area contributed by atoms with Crippen molar-refractivity contribution in [3.8, 4) is 11.5 Å². The van der Waals surface area contributed by atoms with Crippen molar-refractivity contribution in [2.75, 3.05) is 13.1 Å². The number of benzene rings is 2. The lowest BCUT2D eigenvalue weighted by Crippen LogP contribution is -2.54. The normalized spacial score (nSPS) is 26.9. The molecule has 6 rings (SSSR count). The molecule has 4 nitrogen and oxygen atoms in total. The van der Waals surface area contributed by atoms with Gasteiger partial charge in [-0.25, -0.2) is 0 Å². The third kappa shape index (κ3) is 3.43. The van der Waals surface area contributed by atoms with Gasteiger partial charge in [-0.3, -0.25) is 9.88 Å². The average Bonchev–Trinajstić information content (AvgIpc) is 2.79. The lowest BCUT2D eigenvalue weighted by Gasteiger charge is -2.50. The molecule has 0 aliphatic carbocycles. The second-order valence-electron chi connectivity index (χ2n) is 8.19. The molecule has 2 bridgehead atoms. The molecule has 3 saturated heterocycles. The number of aliphatic hydroxyl groups is 1. The first kappa shape index (κ1) is 18.3. The van der Waals surface area contributed by atoms with Crippen LogP contribution in [0, 0.1) is 11.8 Å². The number of piperidine rings is 3. The number of ether oxygens (including phenoxy) is 1. The second kappa shape index (κ2) is 7.62. The van der Waals surface area contributed by atoms with Crippen LogP contribution in [0.3, 0.4) is 0 Å². The highest BCUT2D eigenvalue weighted by Gasteiger charge is 2.42. The van der Waals surface area contributed by atoms with E-state index in [1.165, 1.54) is 6.42 Å². The number of hydrogen-bond acceptors (Lipinski definition) is 4. The van der Waals surface area contributed by atoms with E-state index < -0.39 is 6.10 Å². The van der Waals surface area contributed by atoms with Crippen LogP contribution in [0.5, 0.6) is 11.5 Å². The summed E-state index contributed by atoms with van der Waals surface area (Å²) in [5.41, 5.74) is 1.81. The van der Waals surface area contributed by atoms with E-state index in [2.05, 4.69) is 22.5 Å². The molecule has 0 radical (unpaired) electrons. The summed E-state index contributed by atoms with van der Waals surface area (Å²) in [4.78, 5) is 6.94. The minimum Gasteiger partial charge on any atom is -0.457 e. The molecule has 3 aromatic rings. The van der Waals surface area contributed by atoms with Gasteiger partial charge in [0.1, 0.15) is 11.5 Å². The van der Waals surface area contributed by atoms with E-state index in [9.17, 15) is 5.11 Å². The minimum atomic E-state index is -0.541. The number of hydrogen-bond donors (Lipinski definition) is 1. The Morgan fingerprint density at radius 3 is 2.76 bits per heavy atom. The fourth-order valence-corrected chi connectivity index (χ4v) is 5.01. The third-order valence-electron chi connectivity index (χ3n) is 6.56. The van der Waals surface area contributed by atoms with Crippen LogP contribution in [0.2, 0.25) is 0 Å². The van der Waals surface area contributed by atoms with Crippen molar-refractivity contribution in [1.29, 1.82) is 0 Å². The fourth-order valence-electron chi connectivity index (χ4n) is 5.01. The molecule has 2 unspecified atom stereocenters. The van der Waals surface area contributed by atoms with Crippen LogP contribution < -0.4 is 4.74 Å². The van der Waals surface area contributed by atoms with Crippen LogP contribution in [0.4, 0.5) is 0 Å². The van der Waals surface area contributed by atoms with Gasteiger partial charge < -0.3 is 9.84 Å². The first-order valence-corrected chi connectivity index (χ1v) is 10.4. The van der Waals surface area contributed by atoms with Gasteiger partial charge in [0.15, 0.2) is 0 Å². The molecule has 0 amide bonds. The van der Waals surface area contributed by atoms with Crippen molar-refractivity contribution >= 4 is 10.9 Å². The second-order valence-corrected chi connectivity index (χ2v) is 8.19. The zero-order valence-electron chi connectivity index (χ0n) is 16.4. The monoisotopic (exact) mass is 386 g/mol. The molecule has 4 heterocycles. The van der Waals surface area contributed by atoms with Gasteiger partial charge in [-0.15, -0.1) is 6.58 Å². The van der Waals surface area contributed by atoms with Crippen molar-refractivity contribution in [1.82, 2.24) is 9.88 Å². The van der Waals surface area contributed by atoms with Crippen molar-refractivity contribution < 1.29 is 9.84 Å². The largest absolute Gasteiger partial charge is 0.457 e. The lowest BCUT2D eigenvalue weighted by molar-refractivity contribution is -0.0444. The standard InChI is InChI=1S/C25H26N2O2/c1-2-17-16-27-13-11-18(17)14-24(27)25(28)21-10-12-26-23-9-8-20(15-22(21)23)29-19-6-4-3-5-7-19/h2-10,12,15,17-18,24-25,28H,1,11,13-14,16H2/t17-,18-,24?,25-/m0/s1. The Morgan fingerprint density at radius 1 is 1.14 bits per heavy atom. The predicted molar refractivity (Wildman–Crippen MR) is 115 cm³/mol. The Hall–Kier alpha value is -2.69. The van der Waals surface area contributed by atoms with E-state index in [0.717, 1.165) is 47.5 Å². The summed E-state index contributed by atoms with van der Waals surface area (Å²) in [6.45, 7) is 6.06. The van der Waals surface area contributed by atoms with Crippen LogP contribution in [0.1, 0.15) is 24.5 Å². The highest BCUT2D eigenvalue weighted by Crippen LogP contribution is 2.42. The first-order chi connectivity index (χ1) is 14.2. The Bertz CT molecular complexity index is 1020. The molecule has 3 fully saturated rings. The average molecular weight is 386 g/mol. The number of aliphatic hydroxyl groups excluding tert-OH is 1. The van der Waals surface area contributed by atoms with Crippen molar-refractivity contribution in [3.05, 3.63) is 79.0 Å². The zero-order valence-corrected chi connectivity index (χ0v) is 16.4. The molecule has 0 saturated carbocycles. The van der Waals surface area contributed by atoms with E-state index in [-0.39, 0.29) is 6.04 Å². The van der Waals surface area contributed by atoms with Gasteiger partial charge in [0.25, 0.3) is 0 Å². The molecule has 3 aliphatic rings. The summed E-state index contributed by atoms with van der Waals surface area (Å²) < 4.78 is 6.01. The summed E-state index contributed by atoms with van der Waals surface area (Å²) >= 11 is 0. The summed E-state index contributed by atoms with van der Waals surface area (Å²) in [6, 6.07) is 17.7. The quantitative estimate of drug-likeness (QED) is 0.630. The molecule has 0 spiro atoms. The lowest BCUT2D eigenvalue weighted by atomic mass is 9.73. The van der Waals surface area contributed by atoms with Crippen molar-refractivity contribution in [3.63, 3.8) is 0 Å². The minimum absolute atomic E-state index is 0.147. The molecule has 5 atom stereocenters. The van der Waals surface area contributed by atoms with E-state index in [0.29, 0.717) is 11.8 Å².